The van der Waals surface area contributed by atoms with Crippen LogP contribution in [0.5, 0.6) is 5.75 Å². The van der Waals surface area contributed by atoms with Crippen molar-refractivity contribution in [3.05, 3.63) is 65.7 Å². The van der Waals surface area contributed by atoms with Crippen LogP contribution in [0.3, 0.4) is 0 Å². The minimum atomic E-state index is -0.0781. The number of amides is 1. The SMILES string of the molecule is CC(C)c1cccc(OCC(=O)NCCCN(C)Cc2ccccc2)c1. The Bertz CT molecular complexity index is 671. The molecule has 2 rings (SSSR count). The summed E-state index contributed by atoms with van der Waals surface area (Å²) in [5.74, 6) is 1.11. The van der Waals surface area contributed by atoms with E-state index in [1.165, 1.54) is 11.1 Å². The second-order valence-electron chi connectivity index (χ2n) is 6.94. The van der Waals surface area contributed by atoms with Crippen molar-refractivity contribution in [2.45, 2.75) is 32.7 Å². The van der Waals surface area contributed by atoms with Crippen LogP contribution in [-0.4, -0.2) is 37.6 Å². The summed E-state index contributed by atoms with van der Waals surface area (Å²) in [6.07, 6.45) is 0.915. The second kappa shape index (κ2) is 10.6. The Morgan fingerprint density at radius 3 is 2.62 bits per heavy atom. The average molecular weight is 354 g/mol. The van der Waals surface area contributed by atoms with Gasteiger partial charge in [0.15, 0.2) is 6.61 Å². The second-order valence-corrected chi connectivity index (χ2v) is 6.94. The molecule has 0 bridgehead atoms. The molecule has 2 aromatic rings. The van der Waals surface area contributed by atoms with E-state index in [9.17, 15) is 4.79 Å². The largest absolute Gasteiger partial charge is 0.484 e. The number of carbonyl (C=O) groups is 1. The number of nitrogens with zero attached hydrogens (tertiary/aromatic N) is 1. The highest BCUT2D eigenvalue weighted by atomic mass is 16.5. The van der Waals surface area contributed by atoms with E-state index in [-0.39, 0.29) is 12.5 Å². The molecule has 0 aliphatic carbocycles. The van der Waals surface area contributed by atoms with Gasteiger partial charge in [0.1, 0.15) is 5.75 Å². The van der Waals surface area contributed by atoms with Crippen LogP contribution in [0.25, 0.3) is 0 Å². The van der Waals surface area contributed by atoms with Gasteiger partial charge in [-0.15, -0.1) is 0 Å². The van der Waals surface area contributed by atoms with Gasteiger partial charge >= 0.3 is 0 Å². The number of ether oxygens (including phenoxy) is 1. The molecule has 26 heavy (non-hydrogen) atoms. The van der Waals surface area contributed by atoms with Crippen molar-refractivity contribution in [1.82, 2.24) is 10.2 Å². The van der Waals surface area contributed by atoms with Gasteiger partial charge in [0.2, 0.25) is 0 Å². The van der Waals surface area contributed by atoms with Gasteiger partial charge in [-0.2, -0.15) is 0 Å². The lowest BCUT2D eigenvalue weighted by atomic mass is 10.0. The van der Waals surface area contributed by atoms with Crippen LogP contribution in [0, 0.1) is 0 Å². The molecule has 0 saturated heterocycles. The van der Waals surface area contributed by atoms with Gasteiger partial charge in [0.25, 0.3) is 5.91 Å². The standard InChI is InChI=1S/C22H30N2O2/c1-18(2)20-11-7-12-21(15-20)26-17-22(25)23-13-8-14-24(3)16-19-9-5-4-6-10-19/h4-7,9-12,15,18H,8,13-14,16-17H2,1-3H3,(H,23,25). The smallest absolute Gasteiger partial charge is 0.257 e. The summed E-state index contributed by atoms with van der Waals surface area (Å²) in [4.78, 5) is 14.2. The van der Waals surface area contributed by atoms with E-state index >= 15 is 0 Å². The minimum absolute atomic E-state index is 0.0569. The molecule has 0 aromatic heterocycles. The third-order valence-corrected chi connectivity index (χ3v) is 4.23. The molecule has 2 aromatic carbocycles. The lowest BCUT2D eigenvalue weighted by Gasteiger charge is -2.16. The van der Waals surface area contributed by atoms with Crippen LogP contribution in [0.2, 0.25) is 0 Å². The number of benzene rings is 2. The maximum absolute atomic E-state index is 11.9. The van der Waals surface area contributed by atoms with Crippen LogP contribution in [0.15, 0.2) is 54.6 Å². The van der Waals surface area contributed by atoms with E-state index in [2.05, 4.69) is 61.4 Å². The van der Waals surface area contributed by atoms with Crippen molar-refractivity contribution in [2.24, 2.45) is 0 Å². The Labute approximate surface area is 157 Å². The fraction of sp³-hybridized carbons (Fsp3) is 0.409. The van der Waals surface area contributed by atoms with Crippen LogP contribution < -0.4 is 10.1 Å². The van der Waals surface area contributed by atoms with Crippen LogP contribution in [0.1, 0.15) is 37.3 Å². The van der Waals surface area contributed by atoms with Crippen molar-refractivity contribution >= 4 is 5.91 Å². The predicted octanol–water partition coefficient (Wildman–Crippen LogP) is 3.83. The van der Waals surface area contributed by atoms with E-state index in [4.69, 9.17) is 4.74 Å². The molecule has 0 atom stereocenters. The quantitative estimate of drug-likeness (QED) is 0.660. The first-order chi connectivity index (χ1) is 12.5. The van der Waals surface area contributed by atoms with Crippen molar-refractivity contribution < 1.29 is 9.53 Å². The summed E-state index contributed by atoms with van der Waals surface area (Å²) in [7, 11) is 2.10. The molecule has 1 amide bonds. The summed E-state index contributed by atoms with van der Waals surface area (Å²) < 4.78 is 5.59. The predicted molar refractivity (Wildman–Crippen MR) is 106 cm³/mol. The molecule has 0 aliphatic heterocycles. The Morgan fingerprint density at radius 2 is 1.88 bits per heavy atom. The van der Waals surface area contributed by atoms with Gasteiger partial charge in [0, 0.05) is 13.1 Å². The monoisotopic (exact) mass is 354 g/mol. The highest BCUT2D eigenvalue weighted by Crippen LogP contribution is 2.19. The number of carbonyl (C=O) groups excluding carboxylic acids is 1. The van der Waals surface area contributed by atoms with Crippen molar-refractivity contribution in [1.29, 1.82) is 0 Å². The van der Waals surface area contributed by atoms with Crippen LogP contribution >= 0.6 is 0 Å². The molecule has 1 N–H and O–H groups in total. The third-order valence-electron chi connectivity index (χ3n) is 4.23. The molecular formula is C22H30N2O2. The first-order valence-corrected chi connectivity index (χ1v) is 9.26. The zero-order chi connectivity index (χ0) is 18.8. The molecule has 0 fully saturated rings. The minimum Gasteiger partial charge on any atom is -0.484 e. The Hall–Kier alpha value is -2.33. The number of hydrogen-bond acceptors (Lipinski definition) is 3. The van der Waals surface area contributed by atoms with Crippen LogP contribution in [0.4, 0.5) is 0 Å². The maximum Gasteiger partial charge on any atom is 0.257 e. The fourth-order valence-electron chi connectivity index (χ4n) is 2.71. The van der Waals surface area contributed by atoms with Gasteiger partial charge in [0.05, 0.1) is 0 Å². The summed E-state index contributed by atoms with van der Waals surface area (Å²) >= 11 is 0. The zero-order valence-electron chi connectivity index (χ0n) is 16.1. The van der Waals surface area contributed by atoms with E-state index in [1.54, 1.807) is 0 Å². The molecule has 4 nitrogen and oxygen atoms in total. The first-order valence-electron chi connectivity index (χ1n) is 9.26. The number of hydrogen-bond donors (Lipinski definition) is 1. The van der Waals surface area contributed by atoms with E-state index < -0.39 is 0 Å². The number of rotatable bonds is 10. The average Bonchev–Trinajstić information content (AvgIpc) is 2.64. The molecule has 140 valence electrons. The first kappa shape index (κ1) is 20.0. The highest BCUT2D eigenvalue weighted by molar-refractivity contribution is 5.77. The summed E-state index contributed by atoms with van der Waals surface area (Å²) in [6, 6.07) is 18.3. The van der Waals surface area contributed by atoms with E-state index in [0.29, 0.717) is 12.5 Å². The van der Waals surface area contributed by atoms with E-state index in [1.807, 2.05) is 24.3 Å². The van der Waals surface area contributed by atoms with Gasteiger partial charge < -0.3 is 15.0 Å². The van der Waals surface area contributed by atoms with Gasteiger partial charge in [-0.05, 0) is 49.2 Å². The van der Waals surface area contributed by atoms with Crippen molar-refractivity contribution in [3.63, 3.8) is 0 Å². The summed E-state index contributed by atoms with van der Waals surface area (Å²) in [5.41, 5.74) is 2.51. The third kappa shape index (κ3) is 7.28. The maximum atomic E-state index is 11.9. The Morgan fingerprint density at radius 1 is 1.12 bits per heavy atom. The highest BCUT2D eigenvalue weighted by Gasteiger charge is 2.05. The lowest BCUT2D eigenvalue weighted by molar-refractivity contribution is -0.123. The fourth-order valence-corrected chi connectivity index (χ4v) is 2.71. The molecule has 0 aliphatic rings. The molecule has 0 heterocycles. The molecule has 4 heteroatoms. The van der Waals surface area contributed by atoms with Gasteiger partial charge in [-0.3, -0.25) is 4.79 Å². The van der Waals surface area contributed by atoms with Crippen molar-refractivity contribution in [3.8, 4) is 5.75 Å². The molecule has 0 unspecified atom stereocenters. The van der Waals surface area contributed by atoms with Gasteiger partial charge in [-0.25, -0.2) is 0 Å². The molecule has 0 saturated carbocycles. The lowest BCUT2D eigenvalue weighted by Crippen LogP contribution is -2.31. The van der Waals surface area contributed by atoms with Crippen LogP contribution in [-0.2, 0) is 11.3 Å². The summed E-state index contributed by atoms with van der Waals surface area (Å²) in [5, 5.41) is 2.92. The molecule has 0 radical (unpaired) electrons. The molecule has 0 spiro atoms. The van der Waals surface area contributed by atoms with E-state index in [0.717, 1.165) is 25.3 Å². The normalized spacial score (nSPS) is 11.0. The topological polar surface area (TPSA) is 41.6 Å². The summed E-state index contributed by atoms with van der Waals surface area (Å²) in [6.45, 7) is 6.85. The van der Waals surface area contributed by atoms with Gasteiger partial charge in [-0.1, -0.05) is 56.3 Å². The Balaban J connectivity index is 1.61. The zero-order valence-corrected chi connectivity index (χ0v) is 16.1. The Kier molecular flexibility index (Phi) is 8.16. The van der Waals surface area contributed by atoms with Crippen molar-refractivity contribution in [2.75, 3.05) is 26.7 Å². The molecular weight excluding hydrogens is 324 g/mol. The number of nitrogens with one attached hydrogen (secondary N) is 1.